The topological polar surface area (TPSA) is 62.1 Å². The highest BCUT2D eigenvalue weighted by atomic mass is 32.1. The number of terminal acetylenes is 1. The average Bonchev–Trinajstić information content (AvgIpc) is 3.16. The molecule has 0 spiro atoms. The highest BCUT2D eigenvalue weighted by Gasteiger charge is 2.32. The van der Waals surface area contributed by atoms with Crippen LogP contribution >= 0.6 is 11.3 Å². The lowest BCUT2D eigenvalue weighted by molar-refractivity contribution is 0.0904. The van der Waals surface area contributed by atoms with Crippen LogP contribution in [0.2, 0.25) is 0 Å². The van der Waals surface area contributed by atoms with E-state index >= 15 is 0 Å². The highest BCUT2D eigenvalue weighted by molar-refractivity contribution is 7.12. The number of nitrogens with one attached hydrogen (secondary N) is 1. The summed E-state index contributed by atoms with van der Waals surface area (Å²) in [4.78, 5) is 13.3. The molecular formula is C21H20N2O2S. The van der Waals surface area contributed by atoms with Crippen LogP contribution in [0.1, 0.15) is 52.9 Å². The van der Waals surface area contributed by atoms with Crippen molar-refractivity contribution in [3.63, 3.8) is 0 Å². The van der Waals surface area contributed by atoms with E-state index in [-0.39, 0.29) is 5.91 Å². The summed E-state index contributed by atoms with van der Waals surface area (Å²) in [6, 6.07) is 11.1. The Kier molecular flexibility index (Phi) is 5.61. The fraction of sp³-hybridized carbons (Fsp3) is 0.333. The molecule has 5 heteroatoms. The number of carbonyl (C=O) groups excluding carboxylic acids is 1. The van der Waals surface area contributed by atoms with Gasteiger partial charge in [-0.3, -0.25) is 4.79 Å². The lowest BCUT2D eigenvalue weighted by Gasteiger charge is -2.33. The smallest absolute Gasteiger partial charge is 0.266 e. The Hall–Kier alpha value is -2.76. The van der Waals surface area contributed by atoms with Gasteiger partial charge in [-0.1, -0.05) is 37.3 Å². The Bertz CT molecular complexity index is 867. The third-order valence-corrected chi connectivity index (χ3v) is 5.52. The molecule has 2 aromatic rings. The van der Waals surface area contributed by atoms with Gasteiger partial charge < -0.3 is 10.1 Å². The zero-order valence-electron chi connectivity index (χ0n) is 14.5. The number of ether oxygens (including phenoxy) is 1. The molecule has 1 aliphatic rings. The first kappa shape index (κ1) is 18.0. The summed E-state index contributed by atoms with van der Waals surface area (Å²) in [5.74, 6) is 3.16. The molecule has 0 bridgehead atoms. The summed E-state index contributed by atoms with van der Waals surface area (Å²) in [7, 11) is 0. The molecule has 1 aliphatic carbocycles. The van der Waals surface area contributed by atoms with Gasteiger partial charge in [0.15, 0.2) is 0 Å². The number of thiophene rings is 1. The van der Waals surface area contributed by atoms with Gasteiger partial charge in [0.05, 0.1) is 11.6 Å². The van der Waals surface area contributed by atoms with Crippen molar-refractivity contribution in [1.82, 2.24) is 5.32 Å². The number of rotatable bonds is 5. The zero-order chi connectivity index (χ0) is 18.4. The molecule has 0 unspecified atom stereocenters. The molecule has 0 atom stereocenters. The van der Waals surface area contributed by atoms with Crippen molar-refractivity contribution in [2.75, 3.05) is 0 Å². The van der Waals surface area contributed by atoms with Gasteiger partial charge in [-0.15, -0.1) is 17.8 Å². The fourth-order valence-electron chi connectivity index (χ4n) is 3.20. The van der Waals surface area contributed by atoms with E-state index in [0.717, 1.165) is 37.7 Å². The second-order valence-electron chi connectivity index (χ2n) is 6.46. The van der Waals surface area contributed by atoms with Crippen LogP contribution in [0.4, 0.5) is 0 Å². The molecule has 1 heterocycles. The van der Waals surface area contributed by atoms with Gasteiger partial charge in [-0.05, 0) is 42.0 Å². The number of hydrogen-bond acceptors (Lipinski definition) is 4. The summed E-state index contributed by atoms with van der Waals surface area (Å²) in [5.41, 5.74) is 0.925. The first-order valence-corrected chi connectivity index (χ1v) is 9.53. The van der Waals surface area contributed by atoms with E-state index in [2.05, 4.69) is 17.3 Å². The second kappa shape index (κ2) is 8.08. The molecular weight excluding hydrogens is 344 g/mol. The average molecular weight is 364 g/mol. The van der Waals surface area contributed by atoms with Crippen LogP contribution in [0.15, 0.2) is 35.7 Å². The minimum absolute atomic E-state index is 0.180. The Morgan fingerprint density at radius 1 is 1.31 bits per heavy atom. The third-order valence-electron chi connectivity index (χ3n) is 4.62. The normalized spacial score (nSPS) is 15.5. The number of nitriles is 1. The quantitative estimate of drug-likeness (QED) is 0.806. The molecule has 1 N–H and O–H groups in total. The number of hydrogen-bond donors (Lipinski definition) is 1. The summed E-state index contributed by atoms with van der Waals surface area (Å²) >= 11 is 1.34. The molecule has 0 radical (unpaired) electrons. The maximum atomic E-state index is 12.8. The minimum Gasteiger partial charge on any atom is -0.487 e. The van der Waals surface area contributed by atoms with Crippen LogP contribution < -0.4 is 10.1 Å². The van der Waals surface area contributed by atoms with Crippen molar-refractivity contribution in [1.29, 1.82) is 5.26 Å². The standard InChI is InChI=1S/C21H20N2O2S/c1-2-21(10-4-3-5-11-21)23-20(24)19-18(9-12-26-19)25-15-17-8-6-7-16(13-17)14-22/h1,6-9,12-13H,3-5,10-11,15H2,(H,23,24). The molecule has 1 amide bonds. The van der Waals surface area contributed by atoms with Crippen molar-refractivity contribution in [3.8, 4) is 24.2 Å². The van der Waals surface area contributed by atoms with Crippen LogP contribution in [0.5, 0.6) is 5.75 Å². The molecule has 4 nitrogen and oxygen atoms in total. The number of benzene rings is 1. The van der Waals surface area contributed by atoms with Crippen LogP contribution in [0.25, 0.3) is 0 Å². The van der Waals surface area contributed by atoms with Crippen LogP contribution in [0, 0.1) is 23.7 Å². The van der Waals surface area contributed by atoms with Gasteiger partial charge in [-0.25, -0.2) is 0 Å². The Balaban J connectivity index is 1.68. The number of amides is 1. The molecule has 3 rings (SSSR count). The molecule has 1 aromatic heterocycles. The van der Waals surface area contributed by atoms with Gasteiger partial charge in [0.25, 0.3) is 5.91 Å². The van der Waals surface area contributed by atoms with Gasteiger partial charge in [0.1, 0.15) is 22.8 Å². The minimum atomic E-state index is -0.544. The molecule has 0 saturated heterocycles. The fourth-order valence-corrected chi connectivity index (χ4v) is 3.93. The Morgan fingerprint density at radius 3 is 2.85 bits per heavy atom. The van der Waals surface area contributed by atoms with E-state index in [0.29, 0.717) is 22.8 Å². The first-order chi connectivity index (χ1) is 12.7. The zero-order valence-corrected chi connectivity index (χ0v) is 15.3. The van der Waals surface area contributed by atoms with Crippen LogP contribution in [-0.2, 0) is 6.61 Å². The molecule has 1 saturated carbocycles. The number of nitrogens with zero attached hydrogens (tertiary/aromatic N) is 1. The summed E-state index contributed by atoms with van der Waals surface area (Å²) in [5, 5.41) is 13.9. The molecule has 1 aromatic carbocycles. The monoisotopic (exact) mass is 364 g/mol. The number of carbonyl (C=O) groups is 1. The molecule has 0 aliphatic heterocycles. The van der Waals surface area contributed by atoms with E-state index in [4.69, 9.17) is 16.4 Å². The van der Waals surface area contributed by atoms with Gasteiger partial charge >= 0.3 is 0 Å². The van der Waals surface area contributed by atoms with Crippen molar-refractivity contribution in [3.05, 3.63) is 51.7 Å². The Labute approximate surface area is 157 Å². The molecule has 1 fully saturated rings. The Morgan fingerprint density at radius 2 is 2.12 bits per heavy atom. The highest BCUT2D eigenvalue weighted by Crippen LogP contribution is 2.30. The van der Waals surface area contributed by atoms with Crippen LogP contribution in [0.3, 0.4) is 0 Å². The van der Waals surface area contributed by atoms with Gasteiger partial charge in [0, 0.05) is 0 Å². The van der Waals surface area contributed by atoms with Crippen molar-refractivity contribution in [2.24, 2.45) is 0 Å². The SMILES string of the molecule is C#CC1(NC(=O)c2sccc2OCc2cccc(C#N)c2)CCCCC1. The predicted molar refractivity (Wildman–Crippen MR) is 102 cm³/mol. The lowest BCUT2D eigenvalue weighted by atomic mass is 9.82. The second-order valence-corrected chi connectivity index (χ2v) is 7.37. The summed E-state index contributed by atoms with van der Waals surface area (Å²) in [6.45, 7) is 0.298. The van der Waals surface area contributed by atoms with Gasteiger partial charge in [-0.2, -0.15) is 5.26 Å². The van der Waals surface area contributed by atoms with E-state index in [1.165, 1.54) is 11.3 Å². The predicted octanol–water partition coefficient (Wildman–Crippen LogP) is 4.26. The van der Waals surface area contributed by atoms with E-state index in [1.54, 1.807) is 18.2 Å². The summed E-state index contributed by atoms with van der Waals surface area (Å²) in [6.07, 6.45) is 10.6. The van der Waals surface area contributed by atoms with Gasteiger partial charge in [0.2, 0.25) is 0 Å². The molecule has 26 heavy (non-hydrogen) atoms. The third kappa shape index (κ3) is 4.07. The van der Waals surface area contributed by atoms with Crippen LogP contribution in [-0.4, -0.2) is 11.4 Å². The lowest BCUT2D eigenvalue weighted by Crippen LogP contribution is -2.48. The van der Waals surface area contributed by atoms with Crippen molar-refractivity contribution >= 4 is 17.2 Å². The molecule has 132 valence electrons. The first-order valence-electron chi connectivity index (χ1n) is 8.65. The largest absolute Gasteiger partial charge is 0.487 e. The summed E-state index contributed by atoms with van der Waals surface area (Å²) < 4.78 is 5.83. The van der Waals surface area contributed by atoms with E-state index in [9.17, 15) is 4.79 Å². The maximum Gasteiger partial charge on any atom is 0.266 e. The van der Waals surface area contributed by atoms with E-state index in [1.807, 2.05) is 17.5 Å². The van der Waals surface area contributed by atoms with Crippen molar-refractivity contribution < 1.29 is 9.53 Å². The van der Waals surface area contributed by atoms with E-state index < -0.39 is 5.54 Å². The maximum absolute atomic E-state index is 12.8. The van der Waals surface area contributed by atoms with Crippen molar-refractivity contribution in [2.45, 2.75) is 44.2 Å².